The second-order valence-electron chi connectivity index (χ2n) is 5.91. The van der Waals surface area contributed by atoms with Crippen molar-refractivity contribution in [2.45, 2.75) is 38.4 Å². The number of nitrogens with one attached hydrogen (secondary N) is 1. The number of rotatable bonds is 10. The Bertz CT molecular complexity index is 422. The summed E-state index contributed by atoms with van der Waals surface area (Å²) in [6.07, 6.45) is 0.910. The van der Waals surface area contributed by atoms with E-state index in [4.69, 9.17) is 9.47 Å². The lowest BCUT2D eigenvalue weighted by atomic mass is 9.77. The van der Waals surface area contributed by atoms with Crippen LogP contribution in [0.15, 0.2) is 24.3 Å². The molecule has 1 aliphatic rings. The van der Waals surface area contributed by atoms with Crippen molar-refractivity contribution in [2.75, 3.05) is 32.9 Å². The standard InChI is InChI=1S/C17H27NO3/c1-13(2)21-8-7-20-12-16(19)11-18-10-15-9-14-5-3-4-6-17(14)15/h3-6,13,15-16,18-19H,7-12H2,1-2H3. The highest BCUT2D eigenvalue weighted by Crippen LogP contribution is 2.33. The summed E-state index contributed by atoms with van der Waals surface area (Å²) >= 11 is 0. The van der Waals surface area contributed by atoms with Crippen molar-refractivity contribution >= 4 is 0 Å². The van der Waals surface area contributed by atoms with E-state index in [1.54, 1.807) is 0 Å². The summed E-state index contributed by atoms with van der Waals surface area (Å²) in [6, 6.07) is 8.56. The fraction of sp³-hybridized carbons (Fsp3) is 0.647. The van der Waals surface area contributed by atoms with Crippen LogP contribution in [0.2, 0.25) is 0 Å². The summed E-state index contributed by atoms with van der Waals surface area (Å²) in [5.41, 5.74) is 2.90. The van der Waals surface area contributed by atoms with Crippen LogP contribution in [0, 0.1) is 0 Å². The SMILES string of the molecule is CC(C)OCCOCC(O)CNCC1Cc2ccccc21. The minimum Gasteiger partial charge on any atom is -0.389 e. The van der Waals surface area contributed by atoms with Gasteiger partial charge < -0.3 is 19.9 Å². The first kappa shape index (κ1) is 16.4. The van der Waals surface area contributed by atoms with Gasteiger partial charge in [0.25, 0.3) is 0 Å². The number of aliphatic hydroxyl groups excluding tert-OH is 1. The maximum atomic E-state index is 9.83. The average molecular weight is 293 g/mol. The summed E-state index contributed by atoms with van der Waals surface area (Å²) in [6.45, 7) is 6.96. The Morgan fingerprint density at radius 2 is 2.10 bits per heavy atom. The molecule has 0 heterocycles. The van der Waals surface area contributed by atoms with Gasteiger partial charge in [0, 0.05) is 19.0 Å². The molecule has 0 bridgehead atoms. The Morgan fingerprint density at radius 3 is 2.86 bits per heavy atom. The van der Waals surface area contributed by atoms with E-state index in [-0.39, 0.29) is 6.10 Å². The van der Waals surface area contributed by atoms with Gasteiger partial charge in [-0.1, -0.05) is 24.3 Å². The summed E-state index contributed by atoms with van der Waals surface area (Å²) in [5, 5.41) is 13.2. The highest BCUT2D eigenvalue weighted by molar-refractivity contribution is 5.40. The molecule has 0 saturated heterocycles. The molecule has 2 unspecified atom stereocenters. The molecule has 4 heteroatoms. The smallest absolute Gasteiger partial charge is 0.0897 e. The molecule has 0 aliphatic heterocycles. The molecule has 1 aromatic carbocycles. The number of fused-ring (bicyclic) bond motifs is 1. The van der Waals surface area contributed by atoms with Crippen LogP contribution in [0.1, 0.15) is 30.9 Å². The molecule has 0 fully saturated rings. The van der Waals surface area contributed by atoms with E-state index in [1.807, 2.05) is 13.8 Å². The summed E-state index contributed by atoms with van der Waals surface area (Å²) in [5.74, 6) is 0.591. The van der Waals surface area contributed by atoms with Crippen molar-refractivity contribution < 1.29 is 14.6 Å². The zero-order valence-corrected chi connectivity index (χ0v) is 13.0. The van der Waals surface area contributed by atoms with Gasteiger partial charge >= 0.3 is 0 Å². The molecule has 0 radical (unpaired) electrons. The Morgan fingerprint density at radius 1 is 1.29 bits per heavy atom. The second-order valence-corrected chi connectivity index (χ2v) is 5.91. The van der Waals surface area contributed by atoms with E-state index in [2.05, 4.69) is 29.6 Å². The Labute approximate surface area is 127 Å². The topological polar surface area (TPSA) is 50.7 Å². The largest absolute Gasteiger partial charge is 0.389 e. The van der Waals surface area contributed by atoms with Crippen molar-refractivity contribution in [1.82, 2.24) is 5.32 Å². The summed E-state index contributed by atoms with van der Waals surface area (Å²) in [4.78, 5) is 0. The number of hydrogen-bond donors (Lipinski definition) is 2. The predicted molar refractivity (Wildman–Crippen MR) is 83.7 cm³/mol. The lowest BCUT2D eigenvalue weighted by Crippen LogP contribution is -2.35. The van der Waals surface area contributed by atoms with E-state index in [9.17, 15) is 5.11 Å². The molecule has 1 aliphatic carbocycles. The average Bonchev–Trinajstić information content (AvgIpc) is 2.43. The molecule has 2 atom stereocenters. The number of benzene rings is 1. The first-order valence-electron chi connectivity index (χ1n) is 7.82. The van der Waals surface area contributed by atoms with Gasteiger partial charge in [-0.2, -0.15) is 0 Å². The number of aliphatic hydroxyl groups is 1. The Balaban J connectivity index is 1.50. The van der Waals surface area contributed by atoms with Crippen LogP contribution < -0.4 is 5.32 Å². The fourth-order valence-corrected chi connectivity index (χ4v) is 2.59. The molecule has 4 nitrogen and oxygen atoms in total. The van der Waals surface area contributed by atoms with E-state index in [1.165, 1.54) is 11.1 Å². The van der Waals surface area contributed by atoms with Gasteiger partial charge in [0.05, 0.1) is 32.0 Å². The van der Waals surface area contributed by atoms with Gasteiger partial charge in [0.1, 0.15) is 0 Å². The van der Waals surface area contributed by atoms with Crippen LogP contribution >= 0.6 is 0 Å². The monoisotopic (exact) mass is 293 g/mol. The predicted octanol–water partition coefficient (Wildman–Crippen LogP) is 1.72. The van der Waals surface area contributed by atoms with E-state index < -0.39 is 6.10 Å². The Hall–Kier alpha value is -0.940. The van der Waals surface area contributed by atoms with Crippen LogP contribution in [0.25, 0.3) is 0 Å². The van der Waals surface area contributed by atoms with Gasteiger partial charge in [0.2, 0.25) is 0 Å². The normalized spacial score (nSPS) is 18.4. The maximum absolute atomic E-state index is 9.83. The maximum Gasteiger partial charge on any atom is 0.0897 e. The van der Waals surface area contributed by atoms with Crippen LogP contribution in [0.4, 0.5) is 0 Å². The molecule has 118 valence electrons. The van der Waals surface area contributed by atoms with Gasteiger partial charge in [-0.25, -0.2) is 0 Å². The van der Waals surface area contributed by atoms with E-state index >= 15 is 0 Å². The number of hydrogen-bond acceptors (Lipinski definition) is 4. The molecular weight excluding hydrogens is 266 g/mol. The molecular formula is C17H27NO3. The van der Waals surface area contributed by atoms with Crippen LogP contribution in [-0.4, -0.2) is 50.2 Å². The molecule has 2 rings (SSSR count). The van der Waals surface area contributed by atoms with E-state index in [0.29, 0.717) is 32.3 Å². The highest BCUT2D eigenvalue weighted by atomic mass is 16.5. The third-order valence-corrected chi connectivity index (χ3v) is 3.72. The van der Waals surface area contributed by atoms with Crippen molar-refractivity contribution in [1.29, 1.82) is 0 Å². The lowest BCUT2D eigenvalue weighted by molar-refractivity contribution is -0.00999. The summed E-state index contributed by atoms with van der Waals surface area (Å²) < 4.78 is 10.8. The van der Waals surface area contributed by atoms with Gasteiger partial charge in [-0.3, -0.25) is 0 Å². The zero-order valence-electron chi connectivity index (χ0n) is 13.0. The van der Waals surface area contributed by atoms with Crippen LogP contribution in [-0.2, 0) is 15.9 Å². The summed E-state index contributed by atoms with van der Waals surface area (Å²) in [7, 11) is 0. The molecule has 21 heavy (non-hydrogen) atoms. The minimum absolute atomic E-state index is 0.227. The molecule has 0 amide bonds. The molecule has 0 spiro atoms. The van der Waals surface area contributed by atoms with Crippen LogP contribution in [0.3, 0.4) is 0 Å². The first-order chi connectivity index (χ1) is 10.2. The second kappa shape index (κ2) is 8.49. The first-order valence-corrected chi connectivity index (χ1v) is 7.82. The lowest BCUT2D eigenvalue weighted by Gasteiger charge is -2.30. The van der Waals surface area contributed by atoms with Gasteiger partial charge in [-0.05, 0) is 31.4 Å². The van der Waals surface area contributed by atoms with Crippen molar-refractivity contribution in [3.8, 4) is 0 Å². The third-order valence-electron chi connectivity index (χ3n) is 3.72. The van der Waals surface area contributed by atoms with Gasteiger partial charge in [-0.15, -0.1) is 0 Å². The molecule has 0 saturated carbocycles. The van der Waals surface area contributed by atoms with E-state index in [0.717, 1.165) is 13.0 Å². The van der Waals surface area contributed by atoms with Crippen molar-refractivity contribution in [3.05, 3.63) is 35.4 Å². The highest BCUT2D eigenvalue weighted by Gasteiger charge is 2.24. The van der Waals surface area contributed by atoms with Gasteiger partial charge in [0.15, 0.2) is 0 Å². The van der Waals surface area contributed by atoms with Crippen LogP contribution in [0.5, 0.6) is 0 Å². The Kier molecular flexibility index (Phi) is 6.64. The minimum atomic E-state index is -0.459. The number of ether oxygens (including phenoxy) is 2. The zero-order chi connectivity index (χ0) is 15.1. The third kappa shape index (κ3) is 5.40. The van der Waals surface area contributed by atoms with Crippen molar-refractivity contribution in [3.63, 3.8) is 0 Å². The van der Waals surface area contributed by atoms with Crippen molar-refractivity contribution in [2.24, 2.45) is 0 Å². The molecule has 1 aromatic rings. The fourth-order valence-electron chi connectivity index (χ4n) is 2.59. The molecule has 0 aromatic heterocycles. The quantitative estimate of drug-likeness (QED) is 0.645. The molecule has 2 N–H and O–H groups in total.